The molecule has 11 rings (SSSR count). The first-order valence-corrected chi connectivity index (χ1v) is 18.6. The fourth-order valence-electron chi connectivity index (χ4n) is 10.2. The third-order valence-electron chi connectivity index (χ3n) is 12.1. The maximum absolute atomic E-state index is 8.12. The molecule has 0 unspecified atom stereocenters. The Morgan fingerprint density at radius 1 is 0.481 bits per heavy atom. The molecule has 4 aliphatic carbocycles. The minimum Gasteiger partial charge on any atom is -0.238 e. The van der Waals surface area contributed by atoms with E-state index in [1.54, 1.807) is 0 Å². The fourth-order valence-corrected chi connectivity index (χ4v) is 10.2. The molecule has 0 saturated heterocycles. The molecule has 52 heavy (non-hydrogen) atoms. The molecular weight excluding hydrogens is 633 g/mol. The van der Waals surface area contributed by atoms with E-state index in [1.807, 2.05) is 18.2 Å². The summed E-state index contributed by atoms with van der Waals surface area (Å²) in [6.45, 7) is 8.12. The lowest BCUT2D eigenvalue weighted by molar-refractivity contribution is -0.00514. The van der Waals surface area contributed by atoms with Gasteiger partial charge in [-0.2, -0.15) is 0 Å². The van der Waals surface area contributed by atoms with Crippen molar-refractivity contribution in [2.45, 2.75) is 43.9 Å². The average molecular weight is 671 g/mol. The van der Waals surface area contributed by atoms with Crippen LogP contribution in [0.3, 0.4) is 0 Å². The first kappa shape index (κ1) is 30.9. The highest BCUT2D eigenvalue weighted by molar-refractivity contribution is 5.97. The maximum Gasteiger partial charge on any atom is 0.188 e. The van der Waals surface area contributed by atoms with E-state index in [1.165, 1.54) is 60.4 Å². The quantitative estimate of drug-likeness (QED) is 0.165. The van der Waals surface area contributed by atoms with Gasteiger partial charge in [0.2, 0.25) is 0 Å². The van der Waals surface area contributed by atoms with Crippen LogP contribution < -0.4 is 0 Å². The van der Waals surface area contributed by atoms with Crippen molar-refractivity contribution >= 4 is 16.5 Å². The Morgan fingerprint density at radius 3 is 1.83 bits per heavy atom. The van der Waals surface area contributed by atoms with Gasteiger partial charge in [-0.1, -0.05) is 133 Å². The summed E-state index contributed by atoms with van der Waals surface area (Å²) in [7, 11) is 0. The van der Waals surface area contributed by atoms with Crippen LogP contribution in [-0.4, -0.2) is 15.0 Å². The smallest absolute Gasteiger partial charge is 0.188 e. The molecule has 4 saturated carbocycles. The number of hydrogen-bond acceptors (Lipinski definition) is 3. The van der Waals surface area contributed by atoms with E-state index in [-0.39, 0.29) is 5.41 Å². The van der Waals surface area contributed by atoms with E-state index in [9.17, 15) is 0 Å². The highest BCUT2D eigenvalue weighted by Gasteiger charge is 2.51. The highest BCUT2D eigenvalue weighted by atomic mass is 15.0. The van der Waals surface area contributed by atoms with E-state index < -0.39 is 0 Å². The zero-order chi connectivity index (χ0) is 34.6. The van der Waals surface area contributed by atoms with Crippen LogP contribution in [0.25, 0.3) is 72.0 Å². The fraction of sp³-hybridized carbons (Fsp3) is 0.208. The molecule has 0 atom stereocenters. The molecule has 0 radical (unpaired) electrons. The molecule has 0 aliphatic heterocycles. The van der Waals surface area contributed by atoms with Gasteiger partial charge in [0.05, 0.1) is 6.57 Å². The summed E-state index contributed by atoms with van der Waals surface area (Å²) in [5.74, 6) is 4.38. The van der Waals surface area contributed by atoms with Crippen LogP contribution in [0, 0.1) is 24.3 Å². The molecule has 0 N–H and O–H groups in total. The molecule has 6 aromatic carbocycles. The zero-order valence-corrected chi connectivity index (χ0v) is 29.0. The van der Waals surface area contributed by atoms with Gasteiger partial charge in [-0.05, 0) is 107 Å². The SMILES string of the molecule is [C-]#[N+]c1cc(-c2ccccc2-c2nc(-c3ccccc3)nc(-c3cccc(-c4cccc5ccccc45)c3)n2)cc(C23CC4CC(CC(C4)C2)C3)c1. The Bertz CT molecular complexity index is 2490. The second-order valence-electron chi connectivity index (χ2n) is 15.4. The van der Waals surface area contributed by atoms with Gasteiger partial charge in [-0.25, -0.2) is 19.8 Å². The summed E-state index contributed by atoms with van der Waals surface area (Å²) in [6, 6.07) is 48.8. The minimum absolute atomic E-state index is 0.190. The molecule has 250 valence electrons. The van der Waals surface area contributed by atoms with Crippen molar-refractivity contribution in [2.24, 2.45) is 17.8 Å². The zero-order valence-electron chi connectivity index (χ0n) is 29.0. The van der Waals surface area contributed by atoms with E-state index in [2.05, 4.69) is 126 Å². The Hall–Kier alpha value is -5.92. The Labute approximate surface area is 305 Å². The molecule has 4 fully saturated rings. The van der Waals surface area contributed by atoms with Gasteiger partial charge in [0, 0.05) is 16.7 Å². The lowest BCUT2D eigenvalue weighted by Crippen LogP contribution is -2.48. The van der Waals surface area contributed by atoms with E-state index in [4.69, 9.17) is 21.5 Å². The number of fused-ring (bicyclic) bond motifs is 1. The van der Waals surface area contributed by atoms with Gasteiger partial charge < -0.3 is 0 Å². The summed E-state index contributed by atoms with van der Waals surface area (Å²) >= 11 is 0. The number of aromatic nitrogens is 3. The lowest BCUT2D eigenvalue weighted by atomic mass is 9.48. The first-order valence-electron chi connectivity index (χ1n) is 18.6. The molecule has 4 heteroatoms. The van der Waals surface area contributed by atoms with E-state index in [0.29, 0.717) is 23.2 Å². The third-order valence-corrected chi connectivity index (χ3v) is 12.1. The summed E-state index contributed by atoms with van der Waals surface area (Å²) in [6.07, 6.45) is 7.97. The Kier molecular flexibility index (Phi) is 7.35. The minimum atomic E-state index is 0.190. The van der Waals surface area contributed by atoms with Gasteiger partial charge in [-0.3, -0.25) is 0 Å². The highest BCUT2D eigenvalue weighted by Crippen LogP contribution is 2.61. The van der Waals surface area contributed by atoms with E-state index >= 15 is 0 Å². The van der Waals surface area contributed by atoms with Crippen molar-refractivity contribution in [1.82, 2.24) is 15.0 Å². The van der Waals surface area contributed by atoms with Crippen LogP contribution in [0.1, 0.15) is 44.1 Å². The second-order valence-corrected chi connectivity index (χ2v) is 15.4. The topological polar surface area (TPSA) is 43.0 Å². The lowest BCUT2D eigenvalue weighted by Gasteiger charge is -2.57. The van der Waals surface area contributed by atoms with Crippen molar-refractivity contribution in [1.29, 1.82) is 0 Å². The van der Waals surface area contributed by atoms with Crippen LogP contribution in [0.15, 0.2) is 140 Å². The Morgan fingerprint density at radius 2 is 1.06 bits per heavy atom. The maximum atomic E-state index is 8.12. The van der Waals surface area contributed by atoms with Crippen LogP contribution in [-0.2, 0) is 5.41 Å². The van der Waals surface area contributed by atoms with Crippen molar-refractivity contribution in [3.8, 4) is 56.4 Å². The van der Waals surface area contributed by atoms with E-state index in [0.717, 1.165) is 51.1 Å². The predicted octanol–water partition coefficient (Wildman–Crippen LogP) is 12.4. The van der Waals surface area contributed by atoms with Gasteiger partial charge in [0.1, 0.15) is 0 Å². The predicted molar refractivity (Wildman–Crippen MR) is 211 cm³/mol. The molecule has 7 aromatic rings. The van der Waals surface area contributed by atoms with Crippen LogP contribution in [0.4, 0.5) is 5.69 Å². The van der Waals surface area contributed by atoms with Gasteiger partial charge in [0.15, 0.2) is 23.2 Å². The summed E-state index contributed by atoms with van der Waals surface area (Å²) in [5.41, 5.74) is 9.47. The first-order chi connectivity index (χ1) is 25.6. The monoisotopic (exact) mass is 670 g/mol. The van der Waals surface area contributed by atoms with Crippen molar-refractivity contribution in [2.75, 3.05) is 0 Å². The van der Waals surface area contributed by atoms with Crippen molar-refractivity contribution in [3.63, 3.8) is 0 Å². The number of nitrogens with zero attached hydrogens (tertiary/aromatic N) is 4. The number of rotatable bonds is 6. The molecule has 0 amide bonds. The molecule has 1 aromatic heterocycles. The van der Waals surface area contributed by atoms with Gasteiger partial charge >= 0.3 is 0 Å². The summed E-state index contributed by atoms with van der Waals surface area (Å²) < 4.78 is 0. The summed E-state index contributed by atoms with van der Waals surface area (Å²) in [4.78, 5) is 19.5. The average Bonchev–Trinajstić information content (AvgIpc) is 3.20. The molecule has 4 nitrogen and oxygen atoms in total. The third kappa shape index (κ3) is 5.40. The number of benzene rings is 6. The molecule has 0 spiro atoms. The molecule has 1 heterocycles. The summed E-state index contributed by atoms with van der Waals surface area (Å²) in [5, 5.41) is 2.43. The number of hydrogen-bond donors (Lipinski definition) is 0. The standard InChI is InChI=1S/C48H38N4/c1-49-40-26-38(25-39(27-40)48-28-31-21-32(29-48)23-33(22-31)30-48)43-18-7-8-19-44(43)47-51-45(35-12-3-2-4-13-35)50-46(52-47)37-16-9-15-36(24-37)42-20-10-14-34-11-5-6-17-41(34)42/h2-20,24-27,31-33H,21-23,28-30H2. The largest absolute Gasteiger partial charge is 0.238 e. The van der Waals surface area contributed by atoms with Gasteiger partial charge in [-0.15, -0.1) is 0 Å². The molecule has 4 bridgehead atoms. The van der Waals surface area contributed by atoms with Crippen LogP contribution >= 0.6 is 0 Å². The van der Waals surface area contributed by atoms with Crippen molar-refractivity contribution in [3.05, 3.63) is 157 Å². The van der Waals surface area contributed by atoms with Crippen molar-refractivity contribution < 1.29 is 0 Å². The van der Waals surface area contributed by atoms with Crippen LogP contribution in [0.2, 0.25) is 0 Å². The van der Waals surface area contributed by atoms with Crippen LogP contribution in [0.5, 0.6) is 0 Å². The Balaban J connectivity index is 1.12. The molecular formula is C48H38N4. The van der Waals surface area contributed by atoms with Gasteiger partial charge in [0.25, 0.3) is 0 Å². The molecule has 4 aliphatic rings. The normalized spacial score (nSPS) is 21.6. The second kappa shape index (κ2) is 12.4.